The summed E-state index contributed by atoms with van der Waals surface area (Å²) in [5.41, 5.74) is 2.00. The molecule has 0 aliphatic heterocycles. The van der Waals surface area contributed by atoms with Gasteiger partial charge in [0.25, 0.3) is 5.69 Å². The van der Waals surface area contributed by atoms with Gasteiger partial charge in [0.1, 0.15) is 0 Å². The SMILES string of the molecule is N#Cc1ccccc1C(C#N)Cc1ccc([N+](=O)[O-])cc1. The number of rotatable bonds is 4. The third kappa shape index (κ3) is 3.23. The van der Waals surface area contributed by atoms with Crippen molar-refractivity contribution >= 4 is 5.69 Å². The summed E-state index contributed by atoms with van der Waals surface area (Å²) >= 11 is 0. The predicted molar refractivity (Wildman–Crippen MR) is 76.3 cm³/mol. The Kier molecular flexibility index (Phi) is 4.28. The summed E-state index contributed by atoms with van der Waals surface area (Å²) in [6.45, 7) is 0. The topological polar surface area (TPSA) is 90.7 Å². The number of hydrogen-bond donors (Lipinski definition) is 0. The molecule has 2 rings (SSSR count). The lowest BCUT2D eigenvalue weighted by Gasteiger charge is -2.11. The van der Waals surface area contributed by atoms with E-state index in [9.17, 15) is 15.4 Å². The van der Waals surface area contributed by atoms with Crippen LogP contribution in [0.1, 0.15) is 22.6 Å². The van der Waals surface area contributed by atoms with Gasteiger partial charge in [-0.3, -0.25) is 10.1 Å². The molecule has 0 aromatic heterocycles. The Hall–Kier alpha value is -3.18. The van der Waals surface area contributed by atoms with E-state index >= 15 is 0 Å². The quantitative estimate of drug-likeness (QED) is 0.633. The van der Waals surface area contributed by atoms with Crippen LogP contribution in [0, 0.1) is 32.8 Å². The van der Waals surface area contributed by atoms with Gasteiger partial charge in [-0.2, -0.15) is 10.5 Å². The maximum absolute atomic E-state index is 10.6. The molecule has 2 aromatic rings. The minimum absolute atomic E-state index is 0.0182. The van der Waals surface area contributed by atoms with Crippen LogP contribution in [0.15, 0.2) is 48.5 Å². The first-order chi connectivity index (χ1) is 10.2. The van der Waals surface area contributed by atoms with Gasteiger partial charge in [0.15, 0.2) is 0 Å². The third-order valence-electron chi connectivity index (χ3n) is 3.20. The van der Waals surface area contributed by atoms with Crippen LogP contribution in [0.3, 0.4) is 0 Å². The molecule has 0 heterocycles. The lowest BCUT2D eigenvalue weighted by Crippen LogP contribution is -2.03. The second-order valence-corrected chi connectivity index (χ2v) is 4.51. The van der Waals surface area contributed by atoms with Crippen molar-refractivity contribution in [1.82, 2.24) is 0 Å². The van der Waals surface area contributed by atoms with Crippen molar-refractivity contribution in [3.8, 4) is 12.1 Å². The molecule has 0 bridgehead atoms. The van der Waals surface area contributed by atoms with Crippen molar-refractivity contribution in [1.29, 1.82) is 10.5 Å². The highest BCUT2D eigenvalue weighted by Gasteiger charge is 2.15. The zero-order valence-corrected chi connectivity index (χ0v) is 11.1. The van der Waals surface area contributed by atoms with Gasteiger partial charge in [0.2, 0.25) is 0 Å². The van der Waals surface area contributed by atoms with Crippen molar-refractivity contribution in [2.45, 2.75) is 12.3 Å². The number of nitriles is 2. The molecule has 0 aliphatic carbocycles. The molecule has 0 amide bonds. The Bertz CT molecular complexity index is 739. The van der Waals surface area contributed by atoms with Crippen LogP contribution in [0.4, 0.5) is 5.69 Å². The molecule has 2 aromatic carbocycles. The first-order valence-corrected chi connectivity index (χ1v) is 6.27. The minimum atomic E-state index is -0.462. The van der Waals surface area contributed by atoms with E-state index in [1.54, 1.807) is 36.4 Å². The van der Waals surface area contributed by atoms with Crippen molar-refractivity contribution in [3.63, 3.8) is 0 Å². The fourth-order valence-electron chi connectivity index (χ4n) is 2.12. The van der Waals surface area contributed by atoms with Crippen LogP contribution in [0.25, 0.3) is 0 Å². The molecule has 1 atom stereocenters. The molecule has 5 heteroatoms. The van der Waals surface area contributed by atoms with Crippen LogP contribution >= 0.6 is 0 Å². The number of hydrogen-bond acceptors (Lipinski definition) is 4. The summed E-state index contributed by atoms with van der Waals surface area (Å²) in [7, 11) is 0. The third-order valence-corrected chi connectivity index (χ3v) is 3.20. The molecule has 0 spiro atoms. The molecule has 1 unspecified atom stereocenters. The molecular weight excluding hydrogens is 266 g/mol. The van der Waals surface area contributed by atoms with Crippen LogP contribution in [0.2, 0.25) is 0 Å². The Morgan fingerprint density at radius 3 is 2.33 bits per heavy atom. The van der Waals surface area contributed by atoms with E-state index < -0.39 is 10.8 Å². The van der Waals surface area contributed by atoms with E-state index in [-0.39, 0.29) is 5.69 Å². The van der Waals surface area contributed by atoms with Crippen molar-refractivity contribution in [2.24, 2.45) is 0 Å². The van der Waals surface area contributed by atoms with E-state index in [0.29, 0.717) is 17.5 Å². The molecule has 5 nitrogen and oxygen atoms in total. The van der Waals surface area contributed by atoms with Gasteiger partial charge < -0.3 is 0 Å². The van der Waals surface area contributed by atoms with Crippen molar-refractivity contribution in [2.75, 3.05) is 0 Å². The normalized spacial score (nSPS) is 11.1. The number of benzene rings is 2. The van der Waals surface area contributed by atoms with Crippen LogP contribution in [-0.2, 0) is 6.42 Å². The zero-order chi connectivity index (χ0) is 15.2. The monoisotopic (exact) mass is 277 g/mol. The average molecular weight is 277 g/mol. The maximum atomic E-state index is 10.6. The molecule has 0 radical (unpaired) electrons. The van der Waals surface area contributed by atoms with Gasteiger partial charge in [0.05, 0.1) is 28.5 Å². The van der Waals surface area contributed by atoms with Gasteiger partial charge in [-0.05, 0) is 23.6 Å². The summed E-state index contributed by atoms with van der Waals surface area (Å²) in [6, 6.07) is 17.4. The minimum Gasteiger partial charge on any atom is -0.258 e. The molecular formula is C16H11N3O2. The average Bonchev–Trinajstić information content (AvgIpc) is 2.53. The molecule has 0 aliphatic rings. The maximum Gasteiger partial charge on any atom is 0.269 e. The highest BCUT2D eigenvalue weighted by molar-refractivity contribution is 5.43. The summed E-state index contributed by atoms with van der Waals surface area (Å²) in [5, 5.41) is 29.0. The van der Waals surface area contributed by atoms with E-state index in [0.717, 1.165) is 5.56 Å². The first kappa shape index (κ1) is 14.2. The predicted octanol–water partition coefficient (Wildman–Crippen LogP) is 3.32. The lowest BCUT2D eigenvalue weighted by atomic mass is 9.90. The van der Waals surface area contributed by atoms with Crippen molar-refractivity contribution < 1.29 is 4.92 Å². The van der Waals surface area contributed by atoms with Gasteiger partial charge in [-0.25, -0.2) is 0 Å². The molecule has 0 fully saturated rings. The molecule has 21 heavy (non-hydrogen) atoms. The number of nitro groups is 1. The molecule has 0 saturated heterocycles. The van der Waals surface area contributed by atoms with Crippen molar-refractivity contribution in [3.05, 3.63) is 75.3 Å². The van der Waals surface area contributed by atoms with E-state index in [1.165, 1.54) is 12.1 Å². The Balaban J connectivity index is 2.26. The summed E-state index contributed by atoms with van der Waals surface area (Å²) < 4.78 is 0. The Labute approximate surface area is 121 Å². The Morgan fingerprint density at radius 1 is 1.10 bits per heavy atom. The number of non-ortho nitro benzene ring substituents is 1. The lowest BCUT2D eigenvalue weighted by molar-refractivity contribution is -0.384. The molecule has 0 N–H and O–H groups in total. The van der Waals surface area contributed by atoms with E-state index in [4.69, 9.17) is 5.26 Å². The highest BCUT2D eigenvalue weighted by Crippen LogP contribution is 2.24. The van der Waals surface area contributed by atoms with Gasteiger partial charge >= 0.3 is 0 Å². The van der Waals surface area contributed by atoms with Gasteiger partial charge in [-0.15, -0.1) is 0 Å². The fourth-order valence-corrected chi connectivity index (χ4v) is 2.12. The summed E-state index contributed by atoms with van der Waals surface area (Å²) in [6.07, 6.45) is 0.410. The second kappa shape index (κ2) is 6.31. The largest absolute Gasteiger partial charge is 0.269 e. The first-order valence-electron chi connectivity index (χ1n) is 6.27. The highest BCUT2D eigenvalue weighted by atomic mass is 16.6. The smallest absolute Gasteiger partial charge is 0.258 e. The fraction of sp³-hybridized carbons (Fsp3) is 0.125. The van der Waals surface area contributed by atoms with Gasteiger partial charge in [-0.1, -0.05) is 30.3 Å². The molecule has 102 valence electrons. The van der Waals surface area contributed by atoms with Crippen LogP contribution < -0.4 is 0 Å². The van der Waals surface area contributed by atoms with E-state index in [2.05, 4.69) is 12.1 Å². The second-order valence-electron chi connectivity index (χ2n) is 4.51. The zero-order valence-electron chi connectivity index (χ0n) is 11.1. The Morgan fingerprint density at radius 2 is 1.76 bits per heavy atom. The van der Waals surface area contributed by atoms with Crippen LogP contribution in [-0.4, -0.2) is 4.92 Å². The summed E-state index contributed by atoms with van der Waals surface area (Å²) in [5.74, 6) is -0.456. The number of nitrogens with zero attached hydrogens (tertiary/aromatic N) is 3. The standard InChI is InChI=1S/C16H11N3O2/c17-10-13-3-1-2-4-16(13)14(11-18)9-12-5-7-15(8-6-12)19(20)21/h1-8,14H,9H2. The summed E-state index contributed by atoms with van der Waals surface area (Å²) in [4.78, 5) is 10.2. The van der Waals surface area contributed by atoms with Crippen LogP contribution in [0.5, 0.6) is 0 Å². The van der Waals surface area contributed by atoms with Gasteiger partial charge in [0, 0.05) is 12.1 Å². The van der Waals surface area contributed by atoms with E-state index in [1.807, 2.05) is 0 Å². The molecule has 0 saturated carbocycles. The number of nitro benzene ring substituents is 1.